The number of ether oxygens (including phenoxy) is 3. The van der Waals surface area contributed by atoms with Crippen LogP contribution < -0.4 is 20.9 Å². The fourth-order valence-electron chi connectivity index (χ4n) is 3.09. The van der Waals surface area contributed by atoms with Crippen molar-refractivity contribution in [3.05, 3.63) is 29.0 Å². The Labute approximate surface area is 195 Å². The topological polar surface area (TPSA) is 118 Å². The number of halogens is 5. The zero-order valence-corrected chi connectivity index (χ0v) is 18.2. The second-order valence-corrected chi connectivity index (χ2v) is 8.01. The zero-order valence-electron chi connectivity index (χ0n) is 17.5. The highest BCUT2D eigenvalue weighted by atomic mass is 35.5. The molecular formula is C19H21ClF4N4O6. The van der Waals surface area contributed by atoms with E-state index in [9.17, 15) is 31.9 Å². The zero-order chi connectivity index (χ0) is 24.9. The van der Waals surface area contributed by atoms with Crippen molar-refractivity contribution in [1.82, 2.24) is 21.1 Å². The van der Waals surface area contributed by atoms with Crippen LogP contribution in [-0.4, -0.2) is 73.7 Å². The summed E-state index contributed by atoms with van der Waals surface area (Å²) in [6.45, 7) is -0.436. The molecule has 0 atom stereocenters. The van der Waals surface area contributed by atoms with Crippen LogP contribution in [0.5, 0.6) is 5.75 Å². The van der Waals surface area contributed by atoms with Crippen molar-refractivity contribution in [2.75, 3.05) is 26.3 Å². The summed E-state index contributed by atoms with van der Waals surface area (Å²) >= 11 is 5.56. The molecule has 1 aliphatic carbocycles. The van der Waals surface area contributed by atoms with Crippen LogP contribution in [-0.2, 0) is 19.1 Å². The number of benzene rings is 1. The van der Waals surface area contributed by atoms with Gasteiger partial charge in [0.2, 0.25) is 0 Å². The number of hydrogen-bond acceptors (Lipinski definition) is 6. The number of alkyl halides is 3. The van der Waals surface area contributed by atoms with Gasteiger partial charge in [0.1, 0.15) is 18.2 Å². The van der Waals surface area contributed by atoms with E-state index in [1.54, 1.807) is 0 Å². The highest BCUT2D eigenvalue weighted by Gasteiger charge is 2.40. The molecule has 1 saturated heterocycles. The van der Waals surface area contributed by atoms with Crippen molar-refractivity contribution in [1.29, 1.82) is 0 Å². The summed E-state index contributed by atoms with van der Waals surface area (Å²) in [4.78, 5) is 36.9. The molecule has 3 N–H and O–H groups in total. The summed E-state index contributed by atoms with van der Waals surface area (Å²) in [6, 6.07) is 2.82. The molecule has 0 radical (unpaired) electrons. The second kappa shape index (κ2) is 11.1. The standard InChI is InChI=1S/C19H21ClF4N4O6/c20-14-2-1-11(5-15(14)21)32-8-16(29)25-10-6-28(7-10)18(31)27-26-17(30)9-33-12-3-13(4-12)34-19(22,23)24/h1-2,5,10,12-13H,3-4,6-9H2,(H,25,29)(H,26,30)(H,27,31). The summed E-state index contributed by atoms with van der Waals surface area (Å²) in [5.41, 5.74) is 4.29. The molecule has 1 aromatic carbocycles. The van der Waals surface area contributed by atoms with Gasteiger partial charge in [0.15, 0.2) is 6.61 Å². The quantitative estimate of drug-likeness (QED) is 0.359. The highest BCUT2D eigenvalue weighted by molar-refractivity contribution is 6.30. The lowest BCUT2D eigenvalue weighted by Gasteiger charge is -2.39. The molecule has 188 valence electrons. The first-order valence-corrected chi connectivity index (χ1v) is 10.4. The molecule has 1 aromatic rings. The van der Waals surface area contributed by atoms with Crippen LogP contribution >= 0.6 is 11.6 Å². The number of carbonyl (C=O) groups is 3. The lowest BCUT2D eigenvalue weighted by atomic mass is 9.92. The monoisotopic (exact) mass is 512 g/mol. The van der Waals surface area contributed by atoms with E-state index in [0.29, 0.717) is 0 Å². The van der Waals surface area contributed by atoms with Crippen LogP contribution in [0, 0.1) is 5.82 Å². The molecule has 10 nitrogen and oxygen atoms in total. The van der Waals surface area contributed by atoms with Crippen molar-refractivity contribution in [2.45, 2.75) is 37.5 Å². The third kappa shape index (κ3) is 7.88. The number of nitrogens with one attached hydrogen (secondary N) is 3. The number of rotatable bonds is 8. The smallest absolute Gasteiger partial charge is 0.484 e. The highest BCUT2D eigenvalue weighted by Crippen LogP contribution is 2.31. The van der Waals surface area contributed by atoms with Crippen LogP contribution in [0.4, 0.5) is 22.4 Å². The van der Waals surface area contributed by atoms with E-state index in [4.69, 9.17) is 21.1 Å². The molecule has 1 heterocycles. The Kier molecular flexibility index (Phi) is 8.38. The summed E-state index contributed by atoms with van der Waals surface area (Å²) in [5, 5.41) is 2.56. The minimum Gasteiger partial charge on any atom is -0.484 e. The Balaban J connectivity index is 1.22. The van der Waals surface area contributed by atoms with Crippen molar-refractivity contribution in [2.24, 2.45) is 0 Å². The third-order valence-electron chi connectivity index (χ3n) is 4.91. The number of nitrogens with zero attached hydrogens (tertiary/aromatic N) is 1. The van der Waals surface area contributed by atoms with E-state index >= 15 is 0 Å². The maximum absolute atomic E-state index is 13.3. The fourth-order valence-corrected chi connectivity index (χ4v) is 3.21. The van der Waals surface area contributed by atoms with E-state index in [1.807, 2.05) is 0 Å². The van der Waals surface area contributed by atoms with E-state index in [1.165, 1.54) is 17.0 Å². The molecule has 0 bridgehead atoms. The van der Waals surface area contributed by atoms with Crippen molar-refractivity contribution < 1.29 is 46.2 Å². The molecule has 4 amide bonds. The number of hydrazine groups is 1. The molecule has 2 aliphatic rings. The van der Waals surface area contributed by atoms with Gasteiger partial charge in [0.25, 0.3) is 11.8 Å². The fraction of sp³-hybridized carbons (Fsp3) is 0.526. The van der Waals surface area contributed by atoms with Gasteiger partial charge in [-0.25, -0.2) is 14.6 Å². The summed E-state index contributed by atoms with van der Waals surface area (Å²) in [7, 11) is 0. The normalized spacial score (nSPS) is 20.1. The van der Waals surface area contributed by atoms with Gasteiger partial charge in [-0.15, -0.1) is 13.2 Å². The molecule has 34 heavy (non-hydrogen) atoms. The number of likely N-dealkylation sites (tertiary alicyclic amines) is 1. The first-order valence-electron chi connectivity index (χ1n) is 10.1. The first kappa shape index (κ1) is 25.8. The minimum absolute atomic E-state index is 0.0155. The number of carbonyl (C=O) groups excluding carboxylic acids is 3. The van der Waals surface area contributed by atoms with Crippen LogP contribution in [0.15, 0.2) is 18.2 Å². The Hall–Kier alpha value is -2.84. The first-order chi connectivity index (χ1) is 16.0. The molecule has 2 fully saturated rings. The molecular weight excluding hydrogens is 492 g/mol. The molecule has 0 spiro atoms. The van der Waals surface area contributed by atoms with E-state index < -0.39 is 48.8 Å². The minimum atomic E-state index is -4.71. The van der Waals surface area contributed by atoms with Gasteiger partial charge in [-0.1, -0.05) is 11.6 Å². The number of hydrogen-bond donors (Lipinski definition) is 3. The Morgan fingerprint density at radius 3 is 2.41 bits per heavy atom. The Bertz CT molecular complexity index is 909. The van der Waals surface area contributed by atoms with Crippen LogP contribution in [0.1, 0.15) is 12.8 Å². The van der Waals surface area contributed by atoms with Crippen molar-refractivity contribution in [3.63, 3.8) is 0 Å². The average molecular weight is 513 g/mol. The van der Waals surface area contributed by atoms with E-state index in [0.717, 1.165) is 6.07 Å². The van der Waals surface area contributed by atoms with E-state index in [2.05, 4.69) is 20.9 Å². The summed E-state index contributed by atoms with van der Waals surface area (Å²) < 4.78 is 63.6. The van der Waals surface area contributed by atoms with Crippen molar-refractivity contribution >= 4 is 29.4 Å². The van der Waals surface area contributed by atoms with Crippen LogP contribution in [0.2, 0.25) is 5.02 Å². The predicted octanol–water partition coefficient (Wildman–Crippen LogP) is 1.48. The van der Waals surface area contributed by atoms with Gasteiger partial charge >= 0.3 is 12.4 Å². The molecule has 1 saturated carbocycles. The number of amides is 4. The van der Waals surface area contributed by atoms with E-state index in [-0.39, 0.29) is 49.4 Å². The molecule has 0 unspecified atom stereocenters. The van der Waals surface area contributed by atoms with Gasteiger partial charge in [0, 0.05) is 32.0 Å². The van der Waals surface area contributed by atoms with Crippen LogP contribution in [0.25, 0.3) is 0 Å². The Morgan fingerprint density at radius 1 is 1.06 bits per heavy atom. The third-order valence-corrected chi connectivity index (χ3v) is 5.21. The van der Waals surface area contributed by atoms with Crippen molar-refractivity contribution in [3.8, 4) is 5.75 Å². The molecule has 15 heteroatoms. The maximum Gasteiger partial charge on any atom is 0.522 e. The van der Waals surface area contributed by atoms with Gasteiger partial charge in [-0.2, -0.15) is 0 Å². The summed E-state index contributed by atoms with van der Waals surface area (Å²) in [5.74, 6) is -1.69. The van der Waals surface area contributed by atoms with Gasteiger partial charge in [-0.05, 0) is 12.1 Å². The Morgan fingerprint density at radius 2 is 1.76 bits per heavy atom. The number of urea groups is 1. The van der Waals surface area contributed by atoms with Gasteiger partial charge in [-0.3, -0.25) is 19.8 Å². The SMILES string of the molecule is O=C(COC1CC(OC(F)(F)F)C1)NNC(=O)N1CC(NC(=O)COc2ccc(Cl)c(F)c2)C1. The molecule has 1 aliphatic heterocycles. The largest absolute Gasteiger partial charge is 0.522 e. The molecule has 3 rings (SSSR count). The maximum atomic E-state index is 13.3. The van der Waals surface area contributed by atoms with Gasteiger partial charge in [0.05, 0.1) is 23.3 Å². The summed E-state index contributed by atoms with van der Waals surface area (Å²) in [6.07, 6.45) is -6.19. The predicted molar refractivity (Wildman–Crippen MR) is 107 cm³/mol. The molecule has 0 aromatic heterocycles. The lowest BCUT2D eigenvalue weighted by Crippen LogP contribution is -2.64. The second-order valence-electron chi connectivity index (χ2n) is 7.60. The average Bonchev–Trinajstić information content (AvgIpc) is 2.70. The van der Waals surface area contributed by atoms with Crippen LogP contribution in [0.3, 0.4) is 0 Å². The van der Waals surface area contributed by atoms with Gasteiger partial charge < -0.3 is 19.7 Å². The lowest BCUT2D eigenvalue weighted by molar-refractivity contribution is -0.357.